The summed E-state index contributed by atoms with van der Waals surface area (Å²) in [5.74, 6) is 0.892. The second-order valence-corrected chi connectivity index (χ2v) is 7.37. The number of nitrogens with zero attached hydrogens (tertiary/aromatic N) is 2. The van der Waals surface area contributed by atoms with Crippen LogP contribution in [0.25, 0.3) is 6.08 Å². The second-order valence-electron chi connectivity index (χ2n) is 5.51. The van der Waals surface area contributed by atoms with Crippen LogP contribution in [0.2, 0.25) is 0 Å². The Balaban J connectivity index is 1.65. The average Bonchev–Trinajstić information content (AvgIpc) is 3.30. The summed E-state index contributed by atoms with van der Waals surface area (Å²) in [5.41, 5.74) is 0.794. The Morgan fingerprint density at radius 2 is 2.23 bits per heavy atom. The summed E-state index contributed by atoms with van der Waals surface area (Å²) in [6.07, 6.45) is 5.08. The van der Waals surface area contributed by atoms with E-state index < -0.39 is 0 Å². The molecule has 1 aliphatic heterocycles. The number of aromatic nitrogens is 2. The van der Waals surface area contributed by atoms with Gasteiger partial charge in [-0.3, -0.25) is 10.1 Å². The van der Waals surface area contributed by atoms with Gasteiger partial charge < -0.3 is 14.2 Å². The van der Waals surface area contributed by atoms with Gasteiger partial charge in [-0.25, -0.2) is 0 Å². The number of halogens is 1. The van der Waals surface area contributed by atoms with Crippen molar-refractivity contribution in [3.8, 4) is 11.5 Å². The van der Waals surface area contributed by atoms with Crippen molar-refractivity contribution in [1.82, 2.24) is 10.2 Å². The average molecular weight is 440 g/mol. The van der Waals surface area contributed by atoms with E-state index in [-0.39, 0.29) is 12.0 Å². The van der Waals surface area contributed by atoms with Crippen molar-refractivity contribution in [2.24, 2.45) is 0 Å². The molecule has 1 atom stereocenters. The van der Waals surface area contributed by atoms with Crippen LogP contribution in [0.15, 0.2) is 22.7 Å². The van der Waals surface area contributed by atoms with E-state index in [2.05, 4.69) is 31.4 Å². The smallest absolute Gasteiger partial charge is 0.250 e. The van der Waals surface area contributed by atoms with Gasteiger partial charge in [0.2, 0.25) is 11.0 Å². The van der Waals surface area contributed by atoms with E-state index in [0.717, 1.165) is 34.5 Å². The second kappa shape index (κ2) is 8.61. The highest BCUT2D eigenvalue weighted by atomic mass is 79.9. The molecule has 1 amide bonds. The topological polar surface area (TPSA) is 82.6 Å². The first-order chi connectivity index (χ1) is 12.6. The summed E-state index contributed by atoms with van der Waals surface area (Å²) in [6.45, 7) is 0.746. The largest absolute Gasteiger partial charge is 0.493 e. The summed E-state index contributed by atoms with van der Waals surface area (Å²) in [7, 11) is 3.13. The summed E-state index contributed by atoms with van der Waals surface area (Å²) in [4.78, 5) is 12.1. The van der Waals surface area contributed by atoms with E-state index in [1.54, 1.807) is 26.4 Å². The number of rotatable bonds is 6. The number of carbonyl (C=O) groups excluding carboxylic acids is 1. The normalized spacial score (nSPS) is 16.8. The van der Waals surface area contributed by atoms with Crippen LogP contribution >= 0.6 is 27.3 Å². The lowest BCUT2D eigenvalue weighted by atomic mass is 10.2. The zero-order chi connectivity index (χ0) is 18.5. The third kappa shape index (κ3) is 4.40. The SMILES string of the molecule is COc1cc(/C=C/C(=O)Nc2nnc(C3CCCO3)s2)cc(Br)c1OC. The molecule has 0 spiro atoms. The van der Waals surface area contributed by atoms with Gasteiger partial charge in [-0.15, -0.1) is 10.2 Å². The molecule has 0 radical (unpaired) electrons. The molecule has 1 saturated heterocycles. The lowest BCUT2D eigenvalue weighted by molar-refractivity contribution is -0.111. The maximum Gasteiger partial charge on any atom is 0.250 e. The molecule has 3 rings (SSSR count). The predicted molar refractivity (Wildman–Crippen MR) is 103 cm³/mol. The fourth-order valence-corrected chi connectivity index (χ4v) is 3.99. The molecular formula is C17H18BrN3O4S. The molecule has 9 heteroatoms. The van der Waals surface area contributed by atoms with Crippen LogP contribution in [0.3, 0.4) is 0 Å². The van der Waals surface area contributed by atoms with Crippen LogP contribution in [-0.4, -0.2) is 36.9 Å². The zero-order valence-corrected chi connectivity index (χ0v) is 16.7. The predicted octanol–water partition coefficient (Wildman–Crippen LogP) is 3.82. The Hall–Kier alpha value is -1.97. The summed E-state index contributed by atoms with van der Waals surface area (Å²) in [5, 5.41) is 12.1. The lowest BCUT2D eigenvalue weighted by Gasteiger charge is -2.10. The highest BCUT2D eigenvalue weighted by Gasteiger charge is 2.22. The Labute approximate surface area is 163 Å². The fraction of sp³-hybridized carbons (Fsp3) is 0.353. The van der Waals surface area contributed by atoms with Gasteiger partial charge in [0.15, 0.2) is 11.5 Å². The number of carbonyl (C=O) groups is 1. The zero-order valence-electron chi connectivity index (χ0n) is 14.3. The van der Waals surface area contributed by atoms with Gasteiger partial charge in [-0.2, -0.15) is 0 Å². The van der Waals surface area contributed by atoms with Crippen LogP contribution in [0.1, 0.15) is 29.5 Å². The van der Waals surface area contributed by atoms with E-state index in [9.17, 15) is 4.79 Å². The Bertz CT molecular complexity index is 818. The molecule has 1 aliphatic rings. The van der Waals surface area contributed by atoms with Gasteiger partial charge in [0, 0.05) is 12.7 Å². The van der Waals surface area contributed by atoms with Crippen molar-refractivity contribution in [3.63, 3.8) is 0 Å². The molecule has 0 saturated carbocycles. The number of ether oxygens (including phenoxy) is 3. The quantitative estimate of drug-likeness (QED) is 0.688. The molecule has 0 aliphatic carbocycles. The van der Waals surface area contributed by atoms with Crippen LogP contribution in [0, 0.1) is 0 Å². The summed E-state index contributed by atoms with van der Waals surface area (Å²) < 4.78 is 16.9. The molecule has 0 bridgehead atoms. The van der Waals surface area contributed by atoms with Gasteiger partial charge in [0.1, 0.15) is 11.1 Å². The van der Waals surface area contributed by atoms with Crippen molar-refractivity contribution >= 4 is 44.4 Å². The number of hydrogen-bond acceptors (Lipinski definition) is 7. The molecule has 1 aromatic carbocycles. The molecule has 1 N–H and O–H groups in total. The number of hydrogen-bond donors (Lipinski definition) is 1. The minimum atomic E-state index is -0.286. The van der Waals surface area contributed by atoms with Crippen LogP contribution in [0.5, 0.6) is 11.5 Å². The third-order valence-corrected chi connectivity index (χ3v) is 5.28. The van der Waals surface area contributed by atoms with Crippen molar-refractivity contribution in [2.45, 2.75) is 18.9 Å². The number of methoxy groups -OCH3 is 2. The van der Waals surface area contributed by atoms with Gasteiger partial charge in [-0.1, -0.05) is 11.3 Å². The van der Waals surface area contributed by atoms with Gasteiger partial charge in [0.25, 0.3) is 0 Å². The molecule has 26 heavy (non-hydrogen) atoms. The van der Waals surface area contributed by atoms with Crippen molar-refractivity contribution in [2.75, 3.05) is 26.1 Å². The minimum Gasteiger partial charge on any atom is -0.493 e. The van der Waals surface area contributed by atoms with Crippen molar-refractivity contribution in [1.29, 1.82) is 0 Å². The minimum absolute atomic E-state index is 0.00203. The Morgan fingerprint density at radius 1 is 1.38 bits per heavy atom. The van der Waals surface area contributed by atoms with Gasteiger partial charge in [0.05, 0.1) is 18.7 Å². The van der Waals surface area contributed by atoms with Crippen LogP contribution < -0.4 is 14.8 Å². The highest BCUT2D eigenvalue weighted by Crippen LogP contribution is 2.36. The van der Waals surface area contributed by atoms with Crippen LogP contribution in [-0.2, 0) is 9.53 Å². The maximum atomic E-state index is 12.1. The molecule has 1 fully saturated rings. The molecule has 1 unspecified atom stereocenters. The molecule has 2 aromatic rings. The van der Waals surface area contributed by atoms with Gasteiger partial charge >= 0.3 is 0 Å². The lowest BCUT2D eigenvalue weighted by Crippen LogP contribution is -2.07. The molecular weight excluding hydrogens is 422 g/mol. The Morgan fingerprint density at radius 3 is 2.92 bits per heavy atom. The molecule has 1 aromatic heterocycles. The highest BCUT2D eigenvalue weighted by molar-refractivity contribution is 9.10. The summed E-state index contributed by atoms with van der Waals surface area (Å²) >= 11 is 4.76. The Kier molecular flexibility index (Phi) is 6.23. The number of amides is 1. The first kappa shape index (κ1) is 18.8. The number of nitrogens with one attached hydrogen (secondary N) is 1. The van der Waals surface area contributed by atoms with E-state index in [1.807, 2.05) is 6.07 Å². The van der Waals surface area contributed by atoms with E-state index in [4.69, 9.17) is 14.2 Å². The van der Waals surface area contributed by atoms with Crippen molar-refractivity contribution in [3.05, 3.63) is 33.3 Å². The van der Waals surface area contributed by atoms with E-state index >= 15 is 0 Å². The first-order valence-electron chi connectivity index (χ1n) is 7.96. The fourth-order valence-electron chi connectivity index (χ4n) is 2.54. The first-order valence-corrected chi connectivity index (χ1v) is 9.57. The summed E-state index contributed by atoms with van der Waals surface area (Å²) in [6, 6.07) is 3.62. The molecule has 7 nitrogen and oxygen atoms in total. The number of anilines is 1. The van der Waals surface area contributed by atoms with Gasteiger partial charge in [-0.05, 0) is 52.5 Å². The maximum absolute atomic E-state index is 12.1. The monoisotopic (exact) mass is 439 g/mol. The van der Waals surface area contributed by atoms with Crippen LogP contribution in [0.4, 0.5) is 5.13 Å². The number of benzene rings is 1. The third-order valence-electron chi connectivity index (χ3n) is 3.76. The van der Waals surface area contributed by atoms with E-state index in [1.165, 1.54) is 17.4 Å². The standard InChI is InChI=1S/C17H18BrN3O4S/c1-23-13-9-10(8-11(18)15(13)24-2)5-6-14(22)19-17-21-20-16(26-17)12-4-3-7-25-12/h5-6,8-9,12H,3-4,7H2,1-2H3,(H,19,21,22)/b6-5+. The van der Waals surface area contributed by atoms with Crippen molar-refractivity contribution < 1.29 is 19.0 Å². The molecule has 2 heterocycles. The van der Waals surface area contributed by atoms with E-state index in [0.29, 0.717) is 16.6 Å². The molecule has 138 valence electrons.